The molecule has 4 aliphatic carbocycles. The number of alkyl halides is 1. The van der Waals surface area contributed by atoms with Gasteiger partial charge >= 0.3 is 0 Å². The van der Waals surface area contributed by atoms with Crippen LogP contribution >= 0.6 is 11.6 Å². The molecule has 1 aromatic rings. The molecule has 170 valence electrons. The lowest BCUT2D eigenvalue weighted by Crippen LogP contribution is -2.61. The largest absolute Gasteiger partial charge is 0.493 e. The highest BCUT2D eigenvalue weighted by Gasteiger charge is 2.60. The van der Waals surface area contributed by atoms with Gasteiger partial charge in [0.2, 0.25) is 5.91 Å². The van der Waals surface area contributed by atoms with Crippen LogP contribution in [0.5, 0.6) is 11.5 Å². The van der Waals surface area contributed by atoms with E-state index < -0.39 is 0 Å². The highest BCUT2D eigenvalue weighted by molar-refractivity contribution is 6.24. The molecule has 5 nitrogen and oxygen atoms in total. The number of rotatable bonds is 5. The zero-order chi connectivity index (χ0) is 21.8. The molecule has 6 heteroatoms. The Kier molecular flexibility index (Phi) is 5.41. The van der Waals surface area contributed by atoms with E-state index in [9.17, 15) is 4.79 Å². The molecule has 0 spiro atoms. The van der Waals surface area contributed by atoms with Crippen LogP contribution in [0.3, 0.4) is 0 Å². The molecule has 4 atom stereocenters. The number of halogens is 1. The van der Waals surface area contributed by atoms with E-state index in [-0.39, 0.29) is 10.3 Å². The van der Waals surface area contributed by atoms with Gasteiger partial charge in [-0.25, -0.2) is 0 Å². The Balaban J connectivity index is 1.23. The zero-order valence-corrected chi connectivity index (χ0v) is 19.8. The monoisotopic (exact) mass is 446 g/mol. The van der Waals surface area contributed by atoms with Crippen LogP contribution < -0.4 is 9.47 Å². The zero-order valence-electron chi connectivity index (χ0n) is 19.1. The van der Waals surface area contributed by atoms with E-state index in [4.69, 9.17) is 21.1 Å². The lowest BCUT2D eigenvalue weighted by molar-refractivity contribution is -0.157. The standard InChI is InChI=1S/C25H35ClN2O3/c1-17-8-21(30-2)22(31-3)10-20(17)15-27-4-6-28(7-5-27)23(29)24-11-18-9-19(12-24)14-25(26,13-18)16-24/h8,10,18-19H,4-7,9,11-16H2,1-3H3/t18-,19+,24?,25?. The second-order valence-electron chi connectivity index (χ2n) is 10.6. The number of piperazine rings is 1. The molecule has 5 aliphatic rings. The molecule has 6 rings (SSSR count). The maximum Gasteiger partial charge on any atom is 0.228 e. The van der Waals surface area contributed by atoms with Crippen molar-refractivity contribution in [1.82, 2.24) is 9.80 Å². The summed E-state index contributed by atoms with van der Waals surface area (Å²) in [5.74, 6) is 3.27. The molecular formula is C25H35ClN2O3. The first-order chi connectivity index (χ1) is 14.8. The average molecular weight is 447 g/mol. The summed E-state index contributed by atoms with van der Waals surface area (Å²) in [5.41, 5.74) is 2.29. The summed E-state index contributed by atoms with van der Waals surface area (Å²) >= 11 is 6.98. The SMILES string of the molecule is COc1cc(C)c(CN2CCN(C(=O)C34C[C@@H]5C[C@@H](CC(Cl)(C5)C3)C4)CC2)cc1OC. The van der Waals surface area contributed by atoms with Gasteiger partial charge in [-0.05, 0) is 80.5 Å². The Bertz CT molecular complexity index is 851. The van der Waals surface area contributed by atoms with Crippen LogP contribution in [-0.2, 0) is 11.3 Å². The molecule has 2 unspecified atom stereocenters. The minimum atomic E-state index is -0.173. The van der Waals surface area contributed by atoms with E-state index in [1.54, 1.807) is 14.2 Å². The van der Waals surface area contributed by atoms with Gasteiger partial charge in [0, 0.05) is 37.6 Å². The number of hydrogen-bond acceptors (Lipinski definition) is 4. The Morgan fingerprint density at radius 3 is 2.23 bits per heavy atom. The van der Waals surface area contributed by atoms with Gasteiger partial charge in [0.25, 0.3) is 0 Å². The van der Waals surface area contributed by atoms with E-state index >= 15 is 0 Å². The molecule has 0 radical (unpaired) electrons. The molecular weight excluding hydrogens is 412 g/mol. The van der Waals surface area contributed by atoms with Gasteiger partial charge in [-0.1, -0.05) is 0 Å². The first-order valence-corrected chi connectivity index (χ1v) is 12.1. The maximum atomic E-state index is 13.7. The number of nitrogens with zero attached hydrogens (tertiary/aromatic N) is 2. The summed E-state index contributed by atoms with van der Waals surface area (Å²) in [4.78, 5) is 18.2. The summed E-state index contributed by atoms with van der Waals surface area (Å²) in [6.07, 6.45) is 6.58. The van der Waals surface area contributed by atoms with Crippen molar-refractivity contribution < 1.29 is 14.3 Å². The fourth-order valence-electron chi connectivity index (χ4n) is 7.28. The minimum absolute atomic E-state index is 0.105. The van der Waals surface area contributed by atoms with E-state index in [1.165, 1.54) is 17.5 Å². The lowest BCUT2D eigenvalue weighted by atomic mass is 9.49. The number of aryl methyl sites for hydroxylation is 1. The maximum absolute atomic E-state index is 13.7. The van der Waals surface area contributed by atoms with Crippen molar-refractivity contribution in [2.24, 2.45) is 17.3 Å². The third-order valence-electron chi connectivity index (χ3n) is 8.34. The lowest BCUT2D eigenvalue weighted by Gasteiger charge is -2.60. The Morgan fingerprint density at radius 2 is 1.65 bits per heavy atom. The second kappa shape index (κ2) is 7.84. The topological polar surface area (TPSA) is 42.0 Å². The van der Waals surface area contributed by atoms with Crippen LogP contribution in [0.2, 0.25) is 0 Å². The summed E-state index contributed by atoms with van der Waals surface area (Å²) in [6.45, 7) is 6.44. The van der Waals surface area contributed by atoms with E-state index in [0.717, 1.165) is 76.3 Å². The van der Waals surface area contributed by atoms with Crippen molar-refractivity contribution in [3.63, 3.8) is 0 Å². The quantitative estimate of drug-likeness (QED) is 0.634. The van der Waals surface area contributed by atoms with Crippen LogP contribution in [0.4, 0.5) is 0 Å². The predicted molar refractivity (Wildman–Crippen MR) is 122 cm³/mol. The van der Waals surface area contributed by atoms with Crippen LogP contribution in [0.25, 0.3) is 0 Å². The fraction of sp³-hybridized carbons (Fsp3) is 0.720. The molecule has 1 amide bonds. The number of carbonyl (C=O) groups excluding carboxylic acids is 1. The number of ether oxygens (including phenoxy) is 2. The highest BCUT2D eigenvalue weighted by atomic mass is 35.5. The summed E-state index contributed by atoms with van der Waals surface area (Å²) in [5, 5.41) is 0. The van der Waals surface area contributed by atoms with Crippen LogP contribution in [-0.4, -0.2) is 61.0 Å². The minimum Gasteiger partial charge on any atom is -0.493 e. The molecule has 0 N–H and O–H groups in total. The van der Waals surface area contributed by atoms with Crippen LogP contribution in [0.1, 0.15) is 49.7 Å². The molecule has 1 heterocycles. The number of amides is 1. The van der Waals surface area contributed by atoms with E-state index in [1.807, 2.05) is 6.07 Å². The molecule has 0 aromatic heterocycles. The molecule has 1 aromatic carbocycles. The molecule has 1 aliphatic heterocycles. The first kappa shape index (κ1) is 21.4. The van der Waals surface area contributed by atoms with Gasteiger partial charge in [0.15, 0.2) is 11.5 Å². The number of carbonyl (C=O) groups is 1. The summed E-state index contributed by atoms with van der Waals surface area (Å²) in [6, 6.07) is 4.13. The van der Waals surface area contributed by atoms with Gasteiger partial charge in [-0.3, -0.25) is 9.69 Å². The predicted octanol–water partition coefficient (Wildman–Crippen LogP) is 4.23. The Morgan fingerprint density at radius 1 is 1.03 bits per heavy atom. The number of benzene rings is 1. The first-order valence-electron chi connectivity index (χ1n) is 11.8. The van der Waals surface area contributed by atoms with Crippen molar-refractivity contribution in [1.29, 1.82) is 0 Å². The van der Waals surface area contributed by atoms with Crippen molar-refractivity contribution in [3.8, 4) is 11.5 Å². The molecule has 4 saturated carbocycles. The molecule has 5 fully saturated rings. The van der Waals surface area contributed by atoms with Gasteiger partial charge in [0.1, 0.15) is 0 Å². The van der Waals surface area contributed by atoms with E-state index in [0.29, 0.717) is 17.7 Å². The molecule has 31 heavy (non-hydrogen) atoms. The van der Waals surface area contributed by atoms with Crippen molar-refractivity contribution in [2.75, 3.05) is 40.4 Å². The van der Waals surface area contributed by atoms with Crippen LogP contribution in [0.15, 0.2) is 12.1 Å². The third kappa shape index (κ3) is 3.82. The Labute approximate surface area is 191 Å². The van der Waals surface area contributed by atoms with Gasteiger partial charge < -0.3 is 14.4 Å². The average Bonchev–Trinajstić information content (AvgIpc) is 2.73. The Hall–Kier alpha value is -1.46. The van der Waals surface area contributed by atoms with Gasteiger partial charge in [-0.2, -0.15) is 0 Å². The third-order valence-corrected chi connectivity index (χ3v) is 8.78. The number of hydrogen-bond donors (Lipinski definition) is 0. The second-order valence-corrected chi connectivity index (χ2v) is 11.4. The smallest absolute Gasteiger partial charge is 0.228 e. The van der Waals surface area contributed by atoms with Crippen molar-refractivity contribution in [2.45, 2.75) is 56.9 Å². The fourth-order valence-corrected chi connectivity index (χ4v) is 7.97. The van der Waals surface area contributed by atoms with Crippen LogP contribution in [0, 0.1) is 24.2 Å². The van der Waals surface area contributed by atoms with E-state index in [2.05, 4.69) is 22.8 Å². The van der Waals surface area contributed by atoms with Crippen molar-refractivity contribution in [3.05, 3.63) is 23.3 Å². The van der Waals surface area contributed by atoms with Gasteiger partial charge in [-0.15, -0.1) is 11.6 Å². The summed E-state index contributed by atoms with van der Waals surface area (Å²) in [7, 11) is 3.35. The summed E-state index contributed by atoms with van der Waals surface area (Å²) < 4.78 is 10.9. The van der Waals surface area contributed by atoms with Crippen molar-refractivity contribution >= 4 is 17.5 Å². The highest BCUT2D eigenvalue weighted by Crippen LogP contribution is 2.64. The van der Waals surface area contributed by atoms with Gasteiger partial charge in [0.05, 0.1) is 19.6 Å². The number of methoxy groups -OCH3 is 2. The molecule has 4 bridgehead atoms. The normalized spacial score (nSPS) is 34.8. The molecule has 1 saturated heterocycles.